The predicted molar refractivity (Wildman–Crippen MR) is 82.7 cm³/mol. The van der Waals surface area contributed by atoms with Crippen LogP contribution in [-0.2, 0) is 15.8 Å². The maximum Gasteiger partial charge on any atom is 0.216 e. The van der Waals surface area contributed by atoms with Crippen LogP contribution in [-0.4, -0.2) is 14.5 Å². The maximum atomic E-state index is 12.2. The molecule has 3 N–H and O–H groups in total. The summed E-state index contributed by atoms with van der Waals surface area (Å²) in [5.41, 5.74) is 7.01. The highest BCUT2D eigenvalue weighted by atomic mass is 32.2. The molecule has 0 bridgehead atoms. The summed E-state index contributed by atoms with van der Waals surface area (Å²) in [5.74, 6) is 0.730. The fraction of sp³-hybridized carbons (Fsp3) is 0.600. The highest BCUT2D eigenvalue weighted by Gasteiger charge is 2.24. The van der Waals surface area contributed by atoms with Crippen molar-refractivity contribution in [3.05, 3.63) is 29.8 Å². The number of nitrogen functional groups attached to an aromatic ring is 1. The van der Waals surface area contributed by atoms with Crippen LogP contribution in [0.4, 0.5) is 5.69 Å². The molecule has 0 aliphatic heterocycles. The largest absolute Gasteiger partial charge is 0.398 e. The molecule has 1 aliphatic carbocycles. The van der Waals surface area contributed by atoms with Crippen LogP contribution in [0.5, 0.6) is 0 Å². The Kier molecular flexibility index (Phi) is 5.05. The first kappa shape index (κ1) is 15.3. The third kappa shape index (κ3) is 4.21. The van der Waals surface area contributed by atoms with Crippen molar-refractivity contribution in [2.24, 2.45) is 5.92 Å². The van der Waals surface area contributed by atoms with Gasteiger partial charge in [-0.3, -0.25) is 0 Å². The van der Waals surface area contributed by atoms with E-state index in [0.717, 1.165) is 31.6 Å². The second-order valence-electron chi connectivity index (χ2n) is 5.70. The molecule has 112 valence electrons. The Balaban J connectivity index is 1.93. The summed E-state index contributed by atoms with van der Waals surface area (Å²) in [7, 11) is -3.31. The van der Waals surface area contributed by atoms with Crippen LogP contribution in [0.3, 0.4) is 0 Å². The third-order valence-electron chi connectivity index (χ3n) is 4.17. The van der Waals surface area contributed by atoms with Crippen molar-refractivity contribution in [1.29, 1.82) is 0 Å². The molecule has 4 nitrogen and oxygen atoms in total. The average Bonchev–Trinajstić information content (AvgIpc) is 2.41. The predicted octanol–water partition coefficient (Wildman–Crippen LogP) is 2.66. The van der Waals surface area contributed by atoms with Crippen LogP contribution >= 0.6 is 0 Å². The van der Waals surface area contributed by atoms with Gasteiger partial charge in [0.25, 0.3) is 0 Å². The SMILES string of the molecule is CCC1CCC(NS(=O)(=O)Cc2ccccc2N)CC1. The number of benzene rings is 1. The second kappa shape index (κ2) is 6.59. The molecular weight excluding hydrogens is 272 g/mol. The molecule has 0 spiro atoms. The number of nitrogens with two attached hydrogens (primary N) is 1. The van der Waals surface area contributed by atoms with Gasteiger partial charge in [-0.1, -0.05) is 31.5 Å². The summed E-state index contributed by atoms with van der Waals surface area (Å²) in [6.07, 6.45) is 5.33. The van der Waals surface area contributed by atoms with Gasteiger partial charge in [-0.15, -0.1) is 0 Å². The number of hydrogen-bond acceptors (Lipinski definition) is 3. The fourth-order valence-electron chi connectivity index (χ4n) is 2.85. The monoisotopic (exact) mass is 296 g/mol. The molecule has 20 heavy (non-hydrogen) atoms. The van der Waals surface area contributed by atoms with Crippen molar-refractivity contribution in [3.8, 4) is 0 Å². The molecule has 0 unspecified atom stereocenters. The van der Waals surface area contributed by atoms with Crippen molar-refractivity contribution in [2.45, 2.75) is 50.8 Å². The summed E-state index contributed by atoms with van der Waals surface area (Å²) >= 11 is 0. The normalized spacial score (nSPS) is 23.6. The Hall–Kier alpha value is -1.07. The van der Waals surface area contributed by atoms with Crippen LogP contribution in [0, 0.1) is 5.92 Å². The van der Waals surface area contributed by atoms with Gasteiger partial charge in [0.05, 0.1) is 5.75 Å². The Morgan fingerprint density at radius 2 is 1.85 bits per heavy atom. The van der Waals surface area contributed by atoms with Gasteiger partial charge in [0.2, 0.25) is 10.0 Å². The minimum Gasteiger partial charge on any atom is -0.398 e. The van der Waals surface area contributed by atoms with Crippen molar-refractivity contribution in [3.63, 3.8) is 0 Å². The standard InChI is InChI=1S/C15H24N2O2S/c1-2-12-7-9-14(10-8-12)17-20(18,19)11-13-5-3-4-6-15(13)16/h3-6,12,14,17H,2,7-11,16H2,1H3. The molecule has 1 fully saturated rings. The van der Waals surface area contributed by atoms with E-state index >= 15 is 0 Å². The smallest absolute Gasteiger partial charge is 0.216 e. The minimum atomic E-state index is -3.31. The zero-order chi connectivity index (χ0) is 14.6. The fourth-order valence-corrected chi connectivity index (χ4v) is 4.35. The second-order valence-corrected chi connectivity index (χ2v) is 7.46. The van der Waals surface area contributed by atoms with Gasteiger partial charge < -0.3 is 5.73 Å². The number of para-hydroxylation sites is 1. The summed E-state index contributed by atoms with van der Waals surface area (Å²) in [5, 5.41) is 0. The average molecular weight is 296 g/mol. The van der Waals surface area contributed by atoms with Crippen LogP contribution in [0.25, 0.3) is 0 Å². The van der Waals surface area contributed by atoms with E-state index in [-0.39, 0.29) is 11.8 Å². The summed E-state index contributed by atoms with van der Waals surface area (Å²) < 4.78 is 27.2. The Morgan fingerprint density at radius 3 is 2.45 bits per heavy atom. The maximum absolute atomic E-state index is 12.2. The van der Waals surface area contributed by atoms with Gasteiger partial charge in [-0.2, -0.15) is 0 Å². The third-order valence-corrected chi connectivity index (χ3v) is 5.55. The first-order valence-corrected chi connectivity index (χ1v) is 8.99. The van der Waals surface area contributed by atoms with E-state index in [1.807, 2.05) is 12.1 Å². The van der Waals surface area contributed by atoms with Gasteiger partial charge in [0.15, 0.2) is 0 Å². The van der Waals surface area contributed by atoms with Gasteiger partial charge in [0, 0.05) is 11.7 Å². The molecule has 1 aromatic carbocycles. The van der Waals surface area contributed by atoms with Crippen LogP contribution in [0.15, 0.2) is 24.3 Å². The van der Waals surface area contributed by atoms with Crippen molar-refractivity contribution >= 4 is 15.7 Å². The van der Waals surface area contributed by atoms with Crippen molar-refractivity contribution in [2.75, 3.05) is 5.73 Å². The lowest BCUT2D eigenvalue weighted by Gasteiger charge is -2.28. The van der Waals surface area contributed by atoms with E-state index in [9.17, 15) is 8.42 Å². The van der Waals surface area contributed by atoms with E-state index in [2.05, 4.69) is 11.6 Å². The molecule has 1 aromatic rings. The van der Waals surface area contributed by atoms with Gasteiger partial charge in [-0.25, -0.2) is 13.1 Å². The highest BCUT2D eigenvalue weighted by molar-refractivity contribution is 7.88. The lowest BCUT2D eigenvalue weighted by atomic mass is 9.85. The molecular formula is C15H24N2O2S. The lowest BCUT2D eigenvalue weighted by Crippen LogP contribution is -2.38. The van der Waals surface area contributed by atoms with Gasteiger partial charge in [0.1, 0.15) is 0 Å². The molecule has 1 saturated carbocycles. The quantitative estimate of drug-likeness (QED) is 0.821. The topological polar surface area (TPSA) is 72.2 Å². The molecule has 2 rings (SSSR count). The first-order chi connectivity index (χ1) is 9.50. The molecule has 0 atom stereocenters. The molecule has 0 saturated heterocycles. The van der Waals surface area contributed by atoms with E-state index in [1.54, 1.807) is 12.1 Å². The highest BCUT2D eigenvalue weighted by Crippen LogP contribution is 2.27. The zero-order valence-electron chi connectivity index (χ0n) is 12.0. The molecule has 0 heterocycles. The lowest BCUT2D eigenvalue weighted by molar-refractivity contribution is 0.306. The first-order valence-electron chi connectivity index (χ1n) is 7.33. The number of hydrogen-bond donors (Lipinski definition) is 2. The van der Waals surface area contributed by atoms with Crippen molar-refractivity contribution in [1.82, 2.24) is 4.72 Å². The van der Waals surface area contributed by atoms with E-state index in [1.165, 1.54) is 6.42 Å². The van der Waals surface area contributed by atoms with Crippen LogP contribution in [0.1, 0.15) is 44.6 Å². The van der Waals surface area contributed by atoms with Crippen LogP contribution in [0.2, 0.25) is 0 Å². The van der Waals surface area contributed by atoms with E-state index < -0.39 is 10.0 Å². The molecule has 1 aliphatic rings. The van der Waals surface area contributed by atoms with Gasteiger partial charge >= 0.3 is 0 Å². The van der Waals surface area contributed by atoms with Gasteiger partial charge in [-0.05, 0) is 43.2 Å². The Morgan fingerprint density at radius 1 is 1.20 bits per heavy atom. The summed E-state index contributed by atoms with van der Waals surface area (Å²) in [4.78, 5) is 0. The molecule has 0 amide bonds. The number of rotatable bonds is 5. The summed E-state index contributed by atoms with van der Waals surface area (Å²) in [6.45, 7) is 2.20. The Bertz CT molecular complexity index is 535. The summed E-state index contributed by atoms with van der Waals surface area (Å²) in [6, 6.07) is 7.21. The minimum absolute atomic E-state index is 0.0343. The molecule has 0 aromatic heterocycles. The zero-order valence-corrected chi connectivity index (χ0v) is 12.8. The van der Waals surface area contributed by atoms with Crippen LogP contribution < -0.4 is 10.5 Å². The number of sulfonamides is 1. The molecule has 5 heteroatoms. The number of anilines is 1. The van der Waals surface area contributed by atoms with E-state index in [0.29, 0.717) is 11.3 Å². The molecule has 0 radical (unpaired) electrons. The Labute approximate surface area is 121 Å². The van der Waals surface area contributed by atoms with Crippen molar-refractivity contribution < 1.29 is 8.42 Å². The van der Waals surface area contributed by atoms with E-state index in [4.69, 9.17) is 5.73 Å². The number of nitrogens with one attached hydrogen (secondary N) is 1.